The Kier molecular flexibility index (Phi) is 14.2. The summed E-state index contributed by atoms with van der Waals surface area (Å²) in [4.78, 5) is 0. The molecule has 0 aliphatic heterocycles. The monoisotopic (exact) mass is 292 g/mol. The van der Waals surface area contributed by atoms with Crippen molar-refractivity contribution in [3.63, 3.8) is 0 Å². The van der Waals surface area contributed by atoms with Gasteiger partial charge in [0.2, 0.25) is 0 Å². The predicted molar refractivity (Wildman–Crippen MR) is 86.4 cm³/mol. The van der Waals surface area contributed by atoms with E-state index < -0.39 is 12.2 Å². The third-order valence-corrected chi connectivity index (χ3v) is 3.07. The lowest BCUT2D eigenvalue weighted by Crippen LogP contribution is -2.01. The summed E-state index contributed by atoms with van der Waals surface area (Å²) in [7, 11) is 0. The van der Waals surface area contributed by atoms with E-state index in [4.69, 9.17) is 5.11 Å². The molecule has 3 heteroatoms. The van der Waals surface area contributed by atoms with Gasteiger partial charge in [0, 0.05) is 6.61 Å². The van der Waals surface area contributed by atoms with Gasteiger partial charge in [0.1, 0.15) is 6.10 Å². The molecule has 0 amide bonds. The van der Waals surface area contributed by atoms with Crippen molar-refractivity contribution < 1.29 is 15.3 Å². The number of hydrogen-bond acceptors (Lipinski definition) is 3. The highest BCUT2D eigenvalue weighted by Gasteiger charge is 1.98. The van der Waals surface area contributed by atoms with E-state index in [1.54, 1.807) is 12.2 Å². The van der Waals surface area contributed by atoms with Gasteiger partial charge in [-0.2, -0.15) is 0 Å². The second-order valence-corrected chi connectivity index (χ2v) is 5.02. The molecule has 0 aromatic rings. The lowest BCUT2D eigenvalue weighted by Gasteiger charge is -2.04. The average Bonchev–Trinajstić information content (AvgIpc) is 2.49. The number of aliphatic hydroxyl groups excluding tert-OH is 3. The minimum Gasteiger partial charge on any atom is -0.396 e. The van der Waals surface area contributed by atoms with Crippen LogP contribution in [0, 0.1) is 23.7 Å². The third-order valence-electron chi connectivity index (χ3n) is 3.07. The fourth-order valence-corrected chi connectivity index (χ4v) is 1.73. The summed E-state index contributed by atoms with van der Waals surface area (Å²) < 4.78 is 0. The molecule has 0 aromatic heterocycles. The van der Waals surface area contributed by atoms with Crippen molar-refractivity contribution in [2.24, 2.45) is 0 Å². The van der Waals surface area contributed by atoms with Crippen molar-refractivity contribution in [2.45, 2.75) is 70.5 Å². The molecular formula is C18H28O3. The minimum absolute atomic E-state index is 0.284. The van der Waals surface area contributed by atoms with E-state index in [0.717, 1.165) is 44.9 Å². The number of rotatable bonds is 10. The fourth-order valence-electron chi connectivity index (χ4n) is 1.73. The van der Waals surface area contributed by atoms with Gasteiger partial charge >= 0.3 is 0 Å². The lowest BCUT2D eigenvalue weighted by atomic mass is 10.1. The molecule has 3 N–H and O–H groups in total. The second kappa shape index (κ2) is 15.1. The summed E-state index contributed by atoms with van der Waals surface area (Å²) in [5.74, 6) is 10.5. The van der Waals surface area contributed by atoms with Crippen LogP contribution in [0.3, 0.4) is 0 Å². The van der Waals surface area contributed by atoms with Crippen LogP contribution in [-0.4, -0.2) is 34.1 Å². The van der Waals surface area contributed by atoms with E-state index in [1.165, 1.54) is 0 Å². The van der Waals surface area contributed by atoms with E-state index in [9.17, 15) is 10.2 Å². The molecule has 0 heterocycles. The predicted octanol–water partition coefficient (Wildman–Crippen LogP) is 2.40. The van der Waals surface area contributed by atoms with Gasteiger partial charge in [0.05, 0.1) is 6.10 Å². The van der Waals surface area contributed by atoms with Gasteiger partial charge in [0.25, 0.3) is 0 Å². The maximum Gasteiger partial charge on any atom is 0.115 e. The zero-order valence-corrected chi connectivity index (χ0v) is 13.0. The Bertz CT molecular complexity index is 379. The minimum atomic E-state index is -0.605. The normalized spacial score (nSPS) is 13.1. The van der Waals surface area contributed by atoms with Crippen molar-refractivity contribution in [2.75, 3.05) is 6.61 Å². The highest BCUT2D eigenvalue weighted by Crippen LogP contribution is 2.09. The van der Waals surface area contributed by atoms with Crippen molar-refractivity contribution in [3.8, 4) is 23.7 Å². The zero-order chi connectivity index (χ0) is 15.8. The van der Waals surface area contributed by atoms with Gasteiger partial charge in [-0.1, -0.05) is 50.9 Å². The van der Waals surface area contributed by atoms with Crippen LogP contribution in [-0.2, 0) is 0 Å². The molecule has 0 bridgehead atoms. The van der Waals surface area contributed by atoms with Gasteiger partial charge in [-0.25, -0.2) is 0 Å². The molecule has 3 nitrogen and oxygen atoms in total. The van der Waals surface area contributed by atoms with Gasteiger partial charge in [-0.15, -0.1) is 0 Å². The van der Waals surface area contributed by atoms with Crippen LogP contribution in [0.5, 0.6) is 0 Å². The molecule has 0 rings (SSSR count). The van der Waals surface area contributed by atoms with Crippen LogP contribution in [0.15, 0.2) is 12.2 Å². The summed E-state index contributed by atoms with van der Waals surface area (Å²) in [6.07, 6.45) is 9.98. The van der Waals surface area contributed by atoms with E-state index >= 15 is 0 Å². The first kappa shape index (κ1) is 19.7. The van der Waals surface area contributed by atoms with E-state index in [0.29, 0.717) is 6.42 Å². The molecule has 0 saturated heterocycles. The summed E-state index contributed by atoms with van der Waals surface area (Å²) in [5.41, 5.74) is 0. The van der Waals surface area contributed by atoms with E-state index in [2.05, 4.69) is 23.7 Å². The van der Waals surface area contributed by atoms with Gasteiger partial charge in [-0.3, -0.25) is 0 Å². The van der Waals surface area contributed by atoms with Crippen LogP contribution >= 0.6 is 0 Å². The molecule has 2 atom stereocenters. The molecule has 0 aromatic carbocycles. The van der Waals surface area contributed by atoms with Crippen LogP contribution in [0.2, 0.25) is 0 Å². The summed E-state index contributed by atoms with van der Waals surface area (Å²) in [6.45, 7) is 2.14. The fraction of sp³-hybridized carbons (Fsp3) is 0.667. The Morgan fingerprint density at radius 1 is 0.952 bits per heavy atom. The molecule has 0 aliphatic carbocycles. The summed E-state index contributed by atoms with van der Waals surface area (Å²) in [5, 5.41) is 27.5. The number of hydrogen-bond donors (Lipinski definition) is 3. The Morgan fingerprint density at radius 3 is 2.29 bits per heavy atom. The van der Waals surface area contributed by atoms with E-state index in [1.807, 2.05) is 6.92 Å². The molecule has 0 unspecified atom stereocenters. The van der Waals surface area contributed by atoms with Crippen molar-refractivity contribution >= 4 is 0 Å². The molecule has 0 saturated carbocycles. The van der Waals surface area contributed by atoms with Crippen LogP contribution < -0.4 is 0 Å². The Balaban J connectivity index is 3.64. The van der Waals surface area contributed by atoms with Crippen molar-refractivity contribution in [1.29, 1.82) is 0 Å². The highest BCUT2D eigenvalue weighted by atomic mass is 16.3. The van der Waals surface area contributed by atoms with Gasteiger partial charge < -0.3 is 15.3 Å². The second-order valence-electron chi connectivity index (χ2n) is 5.02. The highest BCUT2D eigenvalue weighted by molar-refractivity contribution is 5.31. The number of allylic oxidation sites excluding steroid dienone is 1. The first-order valence-electron chi connectivity index (χ1n) is 7.85. The lowest BCUT2D eigenvalue weighted by molar-refractivity contribution is 0.208. The zero-order valence-electron chi connectivity index (χ0n) is 13.0. The molecular weight excluding hydrogens is 264 g/mol. The molecule has 0 radical (unpaired) electrons. The van der Waals surface area contributed by atoms with Gasteiger partial charge in [0.15, 0.2) is 0 Å². The van der Waals surface area contributed by atoms with Crippen LogP contribution in [0.4, 0.5) is 0 Å². The standard InChI is InChI=1S/C18H28O3/c1-2-17(20)13-9-6-7-11-15-18(21)14-10-5-3-4-8-12-16-19/h11,15,17-21H,2-5,8,10,12,14,16H2,1H3/b15-11+/t17-,18+/m1/s1. The smallest absolute Gasteiger partial charge is 0.115 e. The first-order valence-corrected chi connectivity index (χ1v) is 7.85. The van der Waals surface area contributed by atoms with E-state index in [-0.39, 0.29) is 6.61 Å². The third kappa shape index (κ3) is 15.0. The maximum atomic E-state index is 9.71. The Morgan fingerprint density at radius 2 is 1.62 bits per heavy atom. The SMILES string of the molecule is CC[C@@H](O)C#CC#C/C=C/[C@@H](O)CCCCCCCCO. The van der Waals surface area contributed by atoms with Crippen LogP contribution in [0.1, 0.15) is 58.3 Å². The number of unbranched alkanes of at least 4 members (excludes halogenated alkanes) is 5. The molecule has 21 heavy (non-hydrogen) atoms. The average molecular weight is 292 g/mol. The summed E-state index contributed by atoms with van der Waals surface area (Å²) in [6, 6.07) is 0. The molecule has 0 spiro atoms. The van der Waals surface area contributed by atoms with Crippen molar-refractivity contribution in [1.82, 2.24) is 0 Å². The van der Waals surface area contributed by atoms with Crippen LogP contribution in [0.25, 0.3) is 0 Å². The largest absolute Gasteiger partial charge is 0.396 e. The van der Waals surface area contributed by atoms with Gasteiger partial charge in [-0.05, 0) is 43.3 Å². The Hall–Kier alpha value is -1.26. The molecule has 0 fully saturated rings. The topological polar surface area (TPSA) is 60.7 Å². The summed E-state index contributed by atoms with van der Waals surface area (Å²) >= 11 is 0. The first-order chi connectivity index (χ1) is 10.2. The Labute approximate surface area is 129 Å². The molecule has 0 aliphatic rings. The quantitative estimate of drug-likeness (QED) is 0.428. The maximum absolute atomic E-state index is 9.71. The number of aliphatic hydroxyl groups is 3. The molecule has 118 valence electrons. The van der Waals surface area contributed by atoms with Crippen molar-refractivity contribution in [3.05, 3.63) is 12.2 Å².